The first kappa shape index (κ1) is 23.5. The summed E-state index contributed by atoms with van der Waals surface area (Å²) in [6.45, 7) is 11.0. The Hall–Kier alpha value is -1.67. The van der Waals surface area contributed by atoms with Gasteiger partial charge in [0.1, 0.15) is 0 Å². The summed E-state index contributed by atoms with van der Waals surface area (Å²) in [7, 11) is -3.54. The largest absolute Gasteiger partial charge is 0.466 e. The SMILES string of the molecule is C=C1CC[C@H]2[C@H](COC(C)=O)[C@@H]([C@@]3(C)Cc4cn[nH]c4C[C@@H]3COS(C)(=O)=O)CC[C@]12C. The Balaban J connectivity index is 1.70. The van der Waals surface area contributed by atoms with E-state index in [0.29, 0.717) is 18.9 Å². The summed E-state index contributed by atoms with van der Waals surface area (Å²) in [5, 5.41) is 7.34. The van der Waals surface area contributed by atoms with Crippen LogP contribution in [0.5, 0.6) is 0 Å². The quantitative estimate of drug-likeness (QED) is 0.392. The second kappa shape index (κ2) is 8.28. The molecule has 0 amide bonds. The van der Waals surface area contributed by atoms with Crippen LogP contribution in [0.3, 0.4) is 0 Å². The molecular weight excluding hydrogens is 428 g/mol. The molecule has 1 aromatic rings. The van der Waals surface area contributed by atoms with Crippen molar-refractivity contribution in [2.45, 2.75) is 59.3 Å². The Labute approximate surface area is 191 Å². The van der Waals surface area contributed by atoms with Crippen LogP contribution in [0.4, 0.5) is 0 Å². The van der Waals surface area contributed by atoms with Crippen LogP contribution in [0.2, 0.25) is 0 Å². The highest BCUT2D eigenvalue weighted by molar-refractivity contribution is 7.85. The third-order valence-electron chi connectivity index (χ3n) is 8.96. The fraction of sp³-hybridized carbons (Fsp3) is 0.750. The van der Waals surface area contributed by atoms with Gasteiger partial charge in [0.05, 0.1) is 25.7 Å². The van der Waals surface area contributed by atoms with Gasteiger partial charge in [-0.1, -0.05) is 26.0 Å². The van der Waals surface area contributed by atoms with Crippen molar-refractivity contribution < 1.29 is 22.1 Å². The number of nitrogens with zero attached hydrogens (tertiary/aromatic N) is 1. The lowest BCUT2D eigenvalue weighted by atomic mass is 9.49. The second-order valence-corrected chi connectivity index (χ2v) is 12.4. The van der Waals surface area contributed by atoms with E-state index in [2.05, 4.69) is 30.6 Å². The normalized spacial score (nSPS) is 37.1. The second-order valence-electron chi connectivity index (χ2n) is 10.7. The van der Waals surface area contributed by atoms with Crippen molar-refractivity contribution in [1.29, 1.82) is 0 Å². The minimum atomic E-state index is -3.54. The van der Waals surface area contributed by atoms with Crippen molar-refractivity contribution in [3.05, 3.63) is 29.6 Å². The minimum Gasteiger partial charge on any atom is -0.466 e. The Kier molecular flexibility index (Phi) is 6.07. The van der Waals surface area contributed by atoms with Crippen molar-refractivity contribution >= 4 is 16.1 Å². The van der Waals surface area contributed by atoms with Crippen LogP contribution >= 0.6 is 0 Å². The van der Waals surface area contributed by atoms with Gasteiger partial charge in [-0.05, 0) is 72.7 Å². The fourth-order valence-corrected chi connectivity index (χ4v) is 7.46. The van der Waals surface area contributed by atoms with Crippen molar-refractivity contribution in [3.63, 3.8) is 0 Å². The number of rotatable bonds is 6. The number of aromatic nitrogens is 2. The number of allylic oxidation sites excluding steroid dienone is 1. The van der Waals surface area contributed by atoms with Crippen molar-refractivity contribution in [2.24, 2.45) is 34.5 Å². The van der Waals surface area contributed by atoms with E-state index in [-0.39, 0.29) is 41.2 Å². The maximum Gasteiger partial charge on any atom is 0.302 e. The van der Waals surface area contributed by atoms with Crippen LogP contribution in [0.25, 0.3) is 0 Å². The molecule has 4 rings (SSSR count). The Bertz CT molecular complexity index is 1000. The molecule has 0 radical (unpaired) electrons. The zero-order valence-corrected chi connectivity index (χ0v) is 20.5. The van der Waals surface area contributed by atoms with Gasteiger partial charge in [-0.25, -0.2) is 0 Å². The van der Waals surface area contributed by atoms with Crippen molar-refractivity contribution in [1.82, 2.24) is 10.2 Å². The molecule has 2 fully saturated rings. The zero-order chi connectivity index (χ0) is 23.3. The molecule has 0 saturated heterocycles. The number of nitrogens with one attached hydrogen (secondary N) is 1. The molecule has 0 aromatic carbocycles. The predicted octanol–water partition coefficient (Wildman–Crippen LogP) is 3.67. The number of esters is 1. The first-order valence-corrected chi connectivity index (χ1v) is 13.4. The summed E-state index contributed by atoms with van der Waals surface area (Å²) in [6.07, 6.45) is 8.65. The average Bonchev–Trinajstić information content (AvgIpc) is 3.27. The fourth-order valence-electron chi connectivity index (χ4n) is 7.05. The van der Waals surface area contributed by atoms with E-state index in [1.165, 1.54) is 18.1 Å². The van der Waals surface area contributed by atoms with E-state index in [1.807, 2.05) is 6.20 Å². The van der Waals surface area contributed by atoms with E-state index in [1.54, 1.807) is 0 Å². The topological polar surface area (TPSA) is 98.3 Å². The molecule has 0 aliphatic heterocycles. The van der Waals surface area contributed by atoms with E-state index < -0.39 is 10.1 Å². The molecule has 178 valence electrons. The van der Waals surface area contributed by atoms with Gasteiger partial charge in [0, 0.05) is 18.5 Å². The number of hydrogen-bond acceptors (Lipinski definition) is 6. The Morgan fingerprint density at radius 2 is 2.03 bits per heavy atom. The van der Waals surface area contributed by atoms with Crippen LogP contribution in [0.15, 0.2) is 18.3 Å². The molecule has 6 atom stereocenters. The Morgan fingerprint density at radius 1 is 1.28 bits per heavy atom. The number of H-pyrrole nitrogens is 1. The van der Waals surface area contributed by atoms with E-state index in [4.69, 9.17) is 8.92 Å². The number of carbonyl (C=O) groups excluding carboxylic acids is 1. The lowest BCUT2D eigenvalue weighted by Gasteiger charge is -2.55. The molecule has 1 aromatic heterocycles. The number of ether oxygens (including phenoxy) is 1. The zero-order valence-electron chi connectivity index (χ0n) is 19.6. The standard InChI is InChI=1S/C24H36N2O5S/c1-15-6-7-20-19(14-30-16(2)27)21(8-9-23(15,20)3)24(4)11-17-12-25-26-22(17)10-18(24)13-31-32(5,28)29/h12,18-21H,1,6-11,13-14H2,2-5H3,(H,25,26)/t18-,19+,20+,21+,23-,24+/m1/s1. The molecule has 3 aliphatic carbocycles. The highest BCUT2D eigenvalue weighted by atomic mass is 32.2. The summed E-state index contributed by atoms with van der Waals surface area (Å²) in [4.78, 5) is 11.8. The number of fused-ring (bicyclic) bond motifs is 2. The summed E-state index contributed by atoms with van der Waals surface area (Å²) in [5.74, 6) is 0.657. The minimum absolute atomic E-state index is 0.0176. The van der Waals surface area contributed by atoms with Gasteiger partial charge in [-0.2, -0.15) is 13.5 Å². The van der Waals surface area contributed by atoms with Crippen LogP contribution < -0.4 is 0 Å². The molecule has 8 heteroatoms. The molecule has 0 unspecified atom stereocenters. The van der Waals surface area contributed by atoms with E-state index >= 15 is 0 Å². The molecule has 0 spiro atoms. The van der Waals surface area contributed by atoms with Crippen molar-refractivity contribution in [2.75, 3.05) is 19.5 Å². The van der Waals surface area contributed by atoms with Crippen LogP contribution in [-0.2, 0) is 36.7 Å². The molecule has 7 nitrogen and oxygen atoms in total. The molecule has 2 saturated carbocycles. The number of aromatic amines is 1. The molecule has 1 heterocycles. The predicted molar refractivity (Wildman–Crippen MR) is 121 cm³/mol. The van der Waals surface area contributed by atoms with E-state index in [0.717, 1.165) is 44.1 Å². The van der Waals surface area contributed by atoms with Crippen LogP contribution in [0, 0.1) is 34.5 Å². The van der Waals surface area contributed by atoms with Gasteiger partial charge < -0.3 is 4.74 Å². The highest BCUT2D eigenvalue weighted by Gasteiger charge is 2.57. The molecule has 32 heavy (non-hydrogen) atoms. The van der Waals surface area contributed by atoms with Crippen molar-refractivity contribution in [3.8, 4) is 0 Å². The summed E-state index contributed by atoms with van der Waals surface area (Å²) >= 11 is 0. The highest BCUT2D eigenvalue weighted by Crippen LogP contribution is 2.63. The van der Waals surface area contributed by atoms with Gasteiger partial charge in [-0.3, -0.25) is 14.1 Å². The summed E-state index contributed by atoms with van der Waals surface area (Å²) < 4.78 is 34.6. The summed E-state index contributed by atoms with van der Waals surface area (Å²) in [6, 6.07) is 0. The molecule has 3 aliphatic rings. The number of carbonyl (C=O) groups is 1. The maximum absolute atomic E-state index is 11.8. The Morgan fingerprint density at radius 3 is 2.72 bits per heavy atom. The van der Waals surface area contributed by atoms with Crippen LogP contribution in [-0.4, -0.2) is 44.1 Å². The van der Waals surface area contributed by atoms with Gasteiger partial charge >= 0.3 is 5.97 Å². The monoisotopic (exact) mass is 464 g/mol. The molecule has 0 bridgehead atoms. The molecule has 1 N–H and O–H groups in total. The van der Waals surface area contributed by atoms with Gasteiger partial charge in [0.25, 0.3) is 10.1 Å². The van der Waals surface area contributed by atoms with Gasteiger partial charge in [-0.15, -0.1) is 0 Å². The van der Waals surface area contributed by atoms with Gasteiger partial charge in [0.15, 0.2) is 0 Å². The number of hydrogen-bond donors (Lipinski definition) is 1. The maximum atomic E-state index is 11.8. The summed E-state index contributed by atoms with van der Waals surface area (Å²) in [5.41, 5.74) is 3.45. The molecular formula is C24H36N2O5S. The first-order valence-electron chi connectivity index (χ1n) is 11.6. The smallest absolute Gasteiger partial charge is 0.302 e. The third-order valence-corrected chi connectivity index (χ3v) is 9.53. The van der Waals surface area contributed by atoms with Crippen LogP contribution in [0.1, 0.15) is 57.7 Å². The first-order chi connectivity index (χ1) is 14.9. The third kappa shape index (κ3) is 4.16. The van der Waals surface area contributed by atoms with E-state index in [9.17, 15) is 13.2 Å². The lowest BCUT2D eigenvalue weighted by Crippen LogP contribution is -2.52. The average molecular weight is 465 g/mol. The van der Waals surface area contributed by atoms with Gasteiger partial charge in [0.2, 0.25) is 0 Å². The lowest BCUT2D eigenvalue weighted by molar-refractivity contribution is -0.148.